The summed E-state index contributed by atoms with van der Waals surface area (Å²) in [6, 6.07) is 5.81. The highest BCUT2D eigenvalue weighted by atomic mass is 32.2. The van der Waals surface area contributed by atoms with Crippen LogP contribution >= 0.6 is 11.8 Å². The summed E-state index contributed by atoms with van der Waals surface area (Å²) in [4.78, 5) is 10.3. The number of hydrogen-bond acceptors (Lipinski definition) is 3. The van der Waals surface area contributed by atoms with Crippen LogP contribution in [0.5, 0.6) is 5.75 Å². The van der Waals surface area contributed by atoms with Crippen molar-refractivity contribution in [1.29, 1.82) is 0 Å². The zero-order valence-electron chi connectivity index (χ0n) is 11.7. The normalized spacial score (nSPS) is 21.1. The maximum atomic E-state index is 10.3. The minimum absolute atomic E-state index is 0.0671. The highest BCUT2D eigenvalue weighted by Gasteiger charge is 2.25. The van der Waals surface area contributed by atoms with Gasteiger partial charge in [0.1, 0.15) is 11.3 Å². The van der Waals surface area contributed by atoms with E-state index in [0.29, 0.717) is 5.41 Å². The summed E-state index contributed by atoms with van der Waals surface area (Å²) >= 11 is 2.11. The van der Waals surface area contributed by atoms with Crippen molar-refractivity contribution >= 4 is 17.7 Å². The van der Waals surface area contributed by atoms with E-state index in [2.05, 4.69) is 32.5 Å². The molecule has 0 aromatic heterocycles. The van der Waals surface area contributed by atoms with Crippen molar-refractivity contribution in [3.8, 4) is 5.75 Å². The second-order valence-electron chi connectivity index (χ2n) is 5.81. The van der Waals surface area contributed by atoms with E-state index in [1.807, 2.05) is 0 Å². The third kappa shape index (κ3) is 5.55. The van der Waals surface area contributed by atoms with Crippen LogP contribution in [0.15, 0.2) is 24.3 Å². The molecule has 1 saturated heterocycles. The van der Waals surface area contributed by atoms with Gasteiger partial charge < -0.3 is 10.2 Å². The van der Waals surface area contributed by atoms with Crippen LogP contribution in [0.3, 0.4) is 0 Å². The Kier molecular flexibility index (Phi) is 5.73. The second kappa shape index (κ2) is 6.85. The predicted molar refractivity (Wildman–Crippen MR) is 80.0 cm³/mol. The van der Waals surface area contributed by atoms with Crippen LogP contribution in [0.25, 0.3) is 0 Å². The Bertz CT molecular complexity index is 429. The van der Waals surface area contributed by atoms with Crippen LogP contribution in [0.4, 0.5) is 0 Å². The van der Waals surface area contributed by atoms with E-state index >= 15 is 0 Å². The van der Waals surface area contributed by atoms with Gasteiger partial charge in [0.15, 0.2) is 0 Å². The molecule has 3 nitrogen and oxygen atoms in total. The molecule has 1 aromatic rings. The molecule has 106 valence electrons. The zero-order valence-corrected chi connectivity index (χ0v) is 12.5. The molecule has 1 aliphatic rings. The van der Waals surface area contributed by atoms with Gasteiger partial charge in [-0.3, -0.25) is 0 Å². The molecule has 2 rings (SSSR count). The van der Waals surface area contributed by atoms with E-state index in [0.717, 1.165) is 5.92 Å². The van der Waals surface area contributed by atoms with Crippen molar-refractivity contribution in [2.45, 2.75) is 27.2 Å². The average Bonchev–Trinajstić information content (AvgIpc) is 2.28. The minimum atomic E-state index is -1.11. The molecule has 2 N–H and O–H groups in total. The van der Waals surface area contributed by atoms with E-state index in [1.54, 1.807) is 12.1 Å². The molecular formula is C15H22O3S. The highest BCUT2D eigenvalue weighted by molar-refractivity contribution is 7.99. The van der Waals surface area contributed by atoms with Gasteiger partial charge in [-0.05, 0) is 41.4 Å². The Morgan fingerprint density at radius 2 is 2.00 bits per heavy atom. The number of phenols is 1. The fourth-order valence-corrected chi connectivity index (χ4v) is 3.56. The van der Waals surface area contributed by atoms with Gasteiger partial charge in [-0.15, -0.1) is 0 Å². The number of hydrogen-bond donors (Lipinski definition) is 2. The molecule has 19 heavy (non-hydrogen) atoms. The molecule has 4 heteroatoms. The number of benzene rings is 1. The van der Waals surface area contributed by atoms with Crippen molar-refractivity contribution in [3.63, 3.8) is 0 Å². The van der Waals surface area contributed by atoms with Crippen LogP contribution in [0.2, 0.25) is 0 Å². The highest BCUT2D eigenvalue weighted by Crippen LogP contribution is 2.36. The first-order chi connectivity index (χ1) is 8.82. The van der Waals surface area contributed by atoms with Crippen LogP contribution in [-0.2, 0) is 0 Å². The molecule has 1 heterocycles. The van der Waals surface area contributed by atoms with Crippen molar-refractivity contribution in [3.05, 3.63) is 29.8 Å². The third-order valence-corrected chi connectivity index (χ3v) is 4.72. The van der Waals surface area contributed by atoms with E-state index in [9.17, 15) is 4.79 Å². The third-order valence-electron chi connectivity index (χ3n) is 2.93. The molecule has 0 radical (unpaired) electrons. The molecule has 1 aliphatic heterocycles. The fraction of sp³-hybridized carbons (Fsp3) is 0.533. The summed E-state index contributed by atoms with van der Waals surface area (Å²) in [7, 11) is 0. The first-order valence-electron chi connectivity index (χ1n) is 6.41. The molecule has 0 spiro atoms. The lowest BCUT2D eigenvalue weighted by molar-refractivity contribution is 0.0693. The fourth-order valence-electron chi connectivity index (χ4n) is 2.25. The predicted octanol–water partition coefficient (Wildman–Crippen LogP) is 3.88. The summed E-state index contributed by atoms with van der Waals surface area (Å²) in [6.45, 7) is 7.10. The quantitative estimate of drug-likeness (QED) is 0.820. The van der Waals surface area contributed by atoms with Gasteiger partial charge in [-0.25, -0.2) is 4.79 Å². The molecule has 0 bridgehead atoms. The number of carboxylic acids is 1. The molecule has 1 aromatic carbocycles. The molecule has 1 fully saturated rings. The Morgan fingerprint density at radius 3 is 2.37 bits per heavy atom. The van der Waals surface area contributed by atoms with Crippen molar-refractivity contribution in [1.82, 2.24) is 0 Å². The van der Waals surface area contributed by atoms with E-state index in [-0.39, 0.29) is 11.3 Å². The largest absolute Gasteiger partial charge is 0.507 e. The number of thioether (sulfide) groups is 1. The molecule has 0 saturated carbocycles. The number of carbonyl (C=O) groups is 1. The van der Waals surface area contributed by atoms with Crippen molar-refractivity contribution in [2.75, 3.05) is 11.5 Å². The Hall–Kier alpha value is -1.16. The Balaban J connectivity index is 0.000000191. The summed E-state index contributed by atoms with van der Waals surface area (Å²) in [5, 5.41) is 17.3. The molecule has 1 unspecified atom stereocenters. The van der Waals surface area contributed by atoms with Gasteiger partial charge in [0.25, 0.3) is 0 Å². The number of aromatic hydroxyl groups is 1. The summed E-state index contributed by atoms with van der Waals surface area (Å²) in [5.41, 5.74) is 0.546. The van der Waals surface area contributed by atoms with Gasteiger partial charge in [-0.1, -0.05) is 32.9 Å². The van der Waals surface area contributed by atoms with Gasteiger partial charge in [-0.2, -0.15) is 11.8 Å². The molecular weight excluding hydrogens is 260 g/mol. The van der Waals surface area contributed by atoms with Crippen LogP contribution in [0, 0.1) is 11.3 Å². The number of carboxylic acid groups (broad SMARTS) is 1. The number of aromatic carboxylic acids is 1. The smallest absolute Gasteiger partial charge is 0.339 e. The van der Waals surface area contributed by atoms with Gasteiger partial charge >= 0.3 is 5.97 Å². The van der Waals surface area contributed by atoms with Crippen LogP contribution < -0.4 is 0 Å². The lowest BCUT2D eigenvalue weighted by atomic mass is 9.85. The molecule has 0 amide bonds. The van der Waals surface area contributed by atoms with E-state index in [1.165, 1.54) is 30.1 Å². The van der Waals surface area contributed by atoms with E-state index in [4.69, 9.17) is 10.2 Å². The number of rotatable bonds is 1. The average molecular weight is 282 g/mol. The van der Waals surface area contributed by atoms with Gasteiger partial charge in [0.05, 0.1) is 0 Å². The monoisotopic (exact) mass is 282 g/mol. The van der Waals surface area contributed by atoms with E-state index < -0.39 is 5.97 Å². The van der Waals surface area contributed by atoms with Crippen LogP contribution in [-0.4, -0.2) is 27.7 Å². The maximum absolute atomic E-state index is 10.3. The SMILES string of the molecule is CC1CSCC(C)(C)C1.O=C(O)c1ccccc1O. The standard InChI is InChI=1S/C8H16S.C7H6O3/c1-7-4-8(2,3)6-9-5-7;8-6-4-2-1-3-5(6)7(9)10/h7H,4-6H2,1-3H3;1-4,8H,(H,9,10). The summed E-state index contributed by atoms with van der Waals surface area (Å²) < 4.78 is 0. The van der Waals surface area contributed by atoms with Gasteiger partial charge in [0.2, 0.25) is 0 Å². The van der Waals surface area contributed by atoms with Crippen LogP contribution in [0.1, 0.15) is 37.6 Å². The van der Waals surface area contributed by atoms with Crippen molar-refractivity contribution < 1.29 is 15.0 Å². The first kappa shape index (κ1) is 15.9. The summed E-state index contributed by atoms with van der Waals surface area (Å²) in [5.74, 6) is 2.37. The zero-order chi connectivity index (χ0) is 14.5. The number of para-hydroxylation sites is 1. The first-order valence-corrected chi connectivity index (χ1v) is 7.56. The topological polar surface area (TPSA) is 57.5 Å². The van der Waals surface area contributed by atoms with Gasteiger partial charge in [0, 0.05) is 0 Å². The Labute approximate surface area is 119 Å². The molecule has 1 atom stereocenters. The lowest BCUT2D eigenvalue weighted by Crippen LogP contribution is -2.24. The second-order valence-corrected chi connectivity index (χ2v) is 6.84. The summed E-state index contributed by atoms with van der Waals surface area (Å²) in [6.07, 6.45) is 1.42. The van der Waals surface area contributed by atoms with Crippen molar-refractivity contribution in [2.24, 2.45) is 11.3 Å². The molecule has 0 aliphatic carbocycles. The minimum Gasteiger partial charge on any atom is -0.507 e. The maximum Gasteiger partial charge on any atom is 0.339 e. The Morgan fingerprint density at radius 1 is 1.37 bits per heavy atom. The lowest BCUT2D eigenvalue weighted by Gasteiger charge is -2.32.